The van der Waals surface area contributed by atoms with Crippen LogP contribution < -0.4 is 4.90 Å². The number of amides is 1. The SMILES string of the molecule is Cc1cccc(N2C(=O)C(Sc3ccc(C(=O)O)cc3)SC2=S)c1. The highest BCUT2D eigenvalue weighted by Crippen LogP contribution is 2.41. The number of carboxylic acid groups (broad SMARTS) is 1. The highest BCUT2D eigenvalue weighted by Gasteiger charge is 2.38. The summed E-state index contributed by atoms with van der Waals surface area (Å²) < 4.78 is 0.166. The zero-order valence-corrected chi connectivity index (χ0v) is 15.1. The topological polar surface area (TPSA) is 57.6 Å². The fourth-order valence-electron chi connectivity index (χ4n) is 2.26. The van der Waals surface area contributed by atoms with Crippen LogP contribution in [0, 0.1) is 6.92 Å². The molecule has 0 spiro atoms. The lowest BCUT2D eigenvalue weighted by atomic mass is 10.2. The number of thioether (sulfide) groups is 2. The van der Waals surface area contributed by atoms with E-state index in [-0.39, 0.29) is 16.1 Å². The van der Waals surface area contributed by atoms with Crippen molar-refractivity contribution >= 4 is 57.6 Å². The van der Waals surface area contributed by atoms with Crippen LogP contribution in [-0.2, 0) is 4.79 Å². The van der Waals surface area contributed by atoms with Crippen molar-refractivity contribution in [3.8, 4) is 0 Å². The first kappa shape index (κ1) is 17.0. The van der Waals surface area contributed by atoms with Gasteiger partial charge in [-0.15, -0.1) is 11.8 Å². The third-order valence-electron chi connectivity index (χ3n) is 3.42. The number of carboxylic acids is 1. The molecular weight excluding hydrogens is 362 g/mol. The monoisotopic (exact) mass is 375 g/mol. The Labute approximate surface area is 153 Å². The summed E-state index contributed by atoms with van der Waals surface area (Å²) in [6.45, 7) is 1.97. The van der Waals surface area contributed by atoms with Gasteiger partial charge in [-0.3, -0.25) is 9.69 Å². The van der Waals surface area contributed by atoms with E-state index < -0.39 is 5.97 Å². The Kier molecular flexibility index (Phi) is 4.93. The number of hydrogen-bond acceptors (Lipinski definition) is 5. The van der Waals surface area contributed by atoms with Crippen molar-refractivity contribution in [1.29, 1.82) is 0 Å². The highest BCUT2D eigenvalue weighted by molar-refractivity contribution is 8.32. The van der Waals surface area contributed by atoms with Crippen LogP contribution in [0.4, 0.5) is 5.69 Å². The highest BCUT2D eigenvalue weighted by atomic mass is 32.2. The predicted octanol–water partition coefficient (Wildman–Crippen LogP) is 4.18. The number of anilines is 1. The average Bonchev–Trinajstić information content (AvgIpc) is 2.82. The molecule has 0 aliphatic carbocycles. The smallest absolute Gasteiger partial charge is 0.335 e. The predicted molar refractivity (Wildman–Crippen MR) is 102 cm³/mol. The van der Waals surface area contributed by atoms with E-state index in [0.717, 1.165) is 16.1 Å². The van der Waals surface area contributed by atoms with Gasteiger partial charge in [-0.05, 0) is 48.9 Å². The van der Waals surface area contributed by atoms with Crippen molar-refractivity contribution in [2.75, 3.05) is 4.90 Å². The van der Waals surface area contributed by atoms with E-state index in [1.165, 1.54) is 35.7 Å². The molecule has 1 saturated heterocycles. The third-order valence-corrected chi connectivity index (χ3v) is 6.23. The second-order valence-electron chi connectivity index (χ2n) is 5.18. The van der Waals surface area contributed by atoms with Gasteiger partial charge in [0.15, 0.2) is 0 Å². The summed E-state index contributed by atoms with van der Waals surface area (Å²) in [7, 11) is 0. The Morgan fingerprint density at radius 1 is 1.25 bits per heavy atom. The standard InChI is InChI=1S/C17H13NO3S3/c1-10-3-2-4-12(9-10)18-14(19)16(24-17(18)22)23-13-7-5-11(6-8-13)15(20)21/h2-9,16H,1H3,(H,20,21). The van der Waals surface area contributed by atoms with Crippen LogP contribution in [-0.4, -0.2) is 25.9 Å². The first-order chi connectivity index (χ1) is 11.5. The first-order valence-electron chi connectivity index (χ1n) is 7.07. The van der Waals surface area contributed by atoms with E-state index in [0.29, 0.717) is 4.32 Å². The number of rotatable bonds is 4. The van der Waals surface area contributed by atoms with Crippen LogP contribution in [0.15, 0.2) is 53.4 Å². The molecule has 24 heavy (non-hydrogen) atoms. The summed E-state index contributed by atoms with van der Waals surface area (Å²) in [5.74, 6) is -1.03. The maximum Gasteiger partial charge on any atom is 0.335 e. The Balaban J connectivity index is 1.77. The third kappa shape index (κ3) is 3.48. The van der Waals surface area contributed by atoms with E-state index in [1.807, 2.05) is 31.2 Å². The van der Waals surface area contributed by atoms with Gasteiger partial charge < -0.3 is 5.11 Å². The normalized spacial score (nSPS) is 17.4. The van der Waals surface area contributed by atoms with E-state index in [4.69, 9.17) is 17.3 Å². The number of thiocarbonyl (C=S) groups is 1. The van der Waals surface area contributed by atoms with Crippen LogP contribution in [0.5, 0.6) is 0 Å². The number of carbonyl (C=O) groups is 2. The molecular formula is C17H13NO3S3. The average molecular weight is 375 g/mol. The van der Waals surface area contributed by atoms with Crippen molar-refractivity contribution in [2.45, 2.75) is 16.4 Å². The van der Waals surface area contributed by atoms with Gasteiger partial charge in [-0.1, -0.05) is 36.1 Å². The fourth-order valence-corrected chi connectivity index (χ4v) is 5.17. The molecule has 1 amide bonds. The number of hydrogen-bond donors (Lipinski definition) is 1. The molecule has 1 N–H and O–H groups in total. The molecule has 1 unspecified atom stereocenters. The Morgan fingerprint density at radius 2 is 1.96 bits per heavy atom. The molecule has 1 heterocycles. The van der Waals surface area contributed by atoms with E-state index in [2.05, 4.69) is 0 Å². The van der Waals surface area contributed by atoms with Crippen molar-refractivity contribution in [3.63, 3.8) is 0 Å². The number of carbonyl (C=O) groups excluding carboxylic acids is 1. The minimum Gasteiger partial charge on any atom is -0.478 e. The van der Waals surface area contributed by atoms with Crippen molar-refractivity contribution < 1.29 is 14.7 Å². The summed E-state index contributed by atoms with van der Waals surface area (Å²) in [6.07, 6.45) is 0. The molecule has 2 aromatic rings. The summed E-state index contributed by atoms with van der Waals surface area (Å²) >= 11 is 8.09. The molecule has 1 aliphatic rings. The van der Waals surface area contributed by atoms with Gasteiger partial charge in [-0.2, -0.15) is 0 Å². The van der Waals surface area contributed by atoms with Crippen LogP contribution in [0.2, 0.25) is 0 Å². The number of benzene rings is 2. The molecule has 2 aromatic carbocycles. The minimum atomic E-state index is -0.968. The van der Waals surface area contributed by atoms with Gasteiger partial charge in [0, 0.05) is 4.90 Å². The van der Waals surface area contributed by atoms with Gasteiger partial charge in [0.2, 0.25) is 0 Å². The van der Waals surface area contributed by atoms with Crippen molar-refractivity contribution in [2.24, 2.45) is 0 Å². The molecule has 0 saturated carbocycles. The minimum absolute atomic E-state index is 0.0667. The quantitative estimate of drug-likeness (QED) is 0.809. The molecule has 0 bridgehead atoms. The molecule has 122 valence electrons. The largest absolute Gasteiger partial charge is 0.478 e. The van der Waals surface area contributed by atoms with Crippen LogP contribution in [0.3, 0.4) is 0 Å². The molecule has 0 radical (unpaired) electrons. The fraction of sp³-hybridized carbons (Fsp3) is 0.118. The van der Waals surface area contributed by atoms with Gasteiger partial charge >= 0.3 is 5.97 Å². The molecule has 3 rings (SSSR count). The summed E-state index contributed by atoms with van der Waals surface area (Å²) in [5.41, 5.74) is 2.07. The molecule has 0 aromatic heterocycles. The second kappa shape index (κ2) is 6.96. The Hall–Kier alpha value is -1.83. The van der Waals surface area contributed by atoms with Crippen molar-refractivity contribution in [3.05, 3.63) is 59.7 Å². The van der Waals surface area contributed by atoms with Crippen molar-refractivity contribution in [1.82, 2.24) is 0 Å². The maximum absolute atomic E-state index is 12.7. The molecule has 1 fully saturated rings. The Bertz CT molecular complexity index is 820. The van der Waals surface area contributed by atoms with Gasteiger partial charge in [0.1, 0.15) is 8.90 Å². The maximum atomic E-state index is 12.7. The molecule has 1 atom stereocenters. The Morgan fingerprint density at radius 3 is 2.58 bits per heavy atom. The zero-order chi connectivity index (χ0) is 17.3. The number of nitrogens with zero attached hydrogens (tertiary/aromatic N) is 1. The lowest BCUT2D eigenvalue weighted by Crippen LogP contribution is -2.30. The first-order valence-corrected chi connectivity index (χ1v) is 9.24. The van der Waals surface area contributed by atoms with E-state index in [1.54, 1.807) is 17.0 Å². The van der Waals surface area contributed by atoms with E-state index >= 15 is 0 Å². The lowest BCUT2D eigenvalue weighted by molar-refractivity contribution is -0.115. The van der Waals surface area contributed by atoms with Crippen LogP contribution in [0.25, 0.3) is 0 Å². The zero-order valence-electron chi connectivity index (χ0n) is 12.6. The molecule has 7 heteroatoms. The lowest BCUT2D eigenvalue weighted by Gasteiger charge is -2.16. The second-order valence-corrected chi connectivity index (χ2v) is 8.39. The molecule has 1 aliphatic heterocycles. The van der Waals surface area contributed by atoms with Gasteiger partial charge in [0.05, 0.1) is 11.3 Å². The van der Waals surface area contributed by atoms with E-state index in [9.17, 15) is 9.59 Å². The summed E-state index contributed by atoms with van der Waals surface area (Å²) in [5, 5.41) is 8.93. The summed E-state index contributed by atoms with van der Waals surface area (Å²) in [4.78, 5) is 26.0. The van der Waals surface area contributed by atoms with Crippen LogP contribution in [0.1, 0.15) is 15.9 Å². The number of aryl methyl sites for hydroxylation is 1. The van der Waals surface area contributed by atoms with Gasteiger partial charge in [-0.25, -0.2) is 4.79 Å². The number of aromatic carboxylic acids is 1. The molecule has 4 nitrogen and oxygen atoms in total. The van der Waals surface area contributed by atoms with Gasteiger partial charge in [0.25, 0.3) is 5.91 Å². The summed E-state index contributed by atoms with van der Waals surface area (Å²) in [6, 6.07) is 14.1. The van der Waals surface area contributed by atoms with Crippen LogP contribution >= 0.6 is 35.7 Å².